The van der Waals surface area contributed by atoms with Gasteiger partial charge in [-0.1, -0.05) is 12.1 Å². The monoisotopic (exact) mass is 425 g/mol. The first-order chi connectivity index (χ1) is 14.3. The third-order valence-electron chi connectivity index (χ3n) is 5.16. The number of nitrogens with one attached hydrogen (secondary N) is 1. The minimum atomic E-state index is -3.77. The number of nitrogens with zero attached hydrogens (tertiary/aromatic N) is 2. The summed E-state index contributed by atoms with van der Waals surface area (Å²) in [4.78, 5) is 14.4. The lowest BCUT2D eigenvalue weighted by molar-refractivity contribution is -0.115. The van der Waals surface area contributed by atoms with Gasteiger partial charge in [-0.3, -0.25) is 4.79 Å². The van der Waals surface area contributed by atoms with E-state index in [0.717, 1.165) is 35.1 Å². The number of carbonyl (C=O) groups is 1. The summed E-state index contributed by atoms with van der Waals surface area (Å²) >= 11 is 0. The first kappa shape index (κ1) is 20.2. The van der Waals surface area contributed by atoms with Crippen LogP contribution in [0, 0.1) is 6.92 Å². The van der Waals surface area contributed by atoms with Gasteiger partial charge < -0.3 is 14.6 Å². The molecule has 30 heavy (non-hydrogen) atoms. The minimum Gasteiger partial charge on any atom is -0.464 e. The molecule has 1 amide bonds. The summed E-state index contributed by atoms with van der Waals surface area (Å²) in [5, 5.41) is 3.71. The number of carbonyl (C=O) groups excluding carboxylic acids is 1. The molecule has 0 saturated carbocycles. The summed E-state index contributed by atoms with van der Waals surface area (Å²) < 4.78 is 34.5. The molecule has 1 aliphatic rings. The van der Waals surface area contributed by atoms with Gasteiger partial charge in [0.15, 0.2) is 0 Å². The normalized spacial score (nSPS) is 15.8. The van der Waals surface area contributed by atoms with E-state index in [9.17, 15) is 13.2 Å². The molecule has 8 heteroatoms. The Balaban J connectivity index is 1.44. The van der Waals surface area contributed by atoms with Crippen LogP contribution in [-0.2, 0) is 21.2 Å². The minimum absolute atomic E-state index is 0.101. The van der Waals surface area contributed by atoms with Gasteiger partial charge in [0.05, 0.1) is 17.6 Å². The van der Waals surface area contributed by atoms with Gasteiger partial charge in [-0.15, -0.1) is 4.40 Å². The van der Waals surface area contributed by atoms with Gasteiger partial charge in [-0.25, -0.2) is 0 Å². The first-order valence-electron chi connectivity index (χ1n) is 9.73. The molecule has 7 nitrogen and oxygen atoms in total. The third kappa shape index (κ3) is 4.23. The number of sulfonamides is 1. The number of furan rings is 1. The lowest BCUT2D eigenvalue weighted by atomic mass is 10.1. The highest BCUT2D eigenvalue weighted by atomic mass is 32.2. The summed E-state index contributed by atoms with van der Waals surface area (Å²) in [6.45, 7) is 2.79. The number of benzene rings is 2. The van der Waals surface area contributed by atoms with Crippen LogP contribution in [0.4, 0.5) is 5.69 Å². The van der Waals surface area contributed by atoms with E-state index in [4.69, 9.17) is 4.42 Å². The van der Waals surface area contributed by atoms with Crippen LogP contribution in [0.25, 0.3) is 11.0 Å². The molecule has 0 atom stereocenters. The van der Waals surface area contributed by atoms with E-state index in [1.807, 2.05) is 37.1 Å². The molecule has 0 bridgehead atoms. The molecule has 1 saturated heterocycles. The molecule has 1 N–H and O–H groups in total. The van der Waals surface area contributed by atoms with E-state index in [0.29, 0.717) is 17.9 Å². The van der Waals surface area contributed by atoms with E-state index in [1.165, 1.54) is 12.1 Å². The molecule has 0 aliphatic carbocycles. The fourth-order valence-electron chi connectivity index (χ4n) is 3.52. The van der Waals surface area contributed by atoms with Gasteiger partial charge in [-0.05, 0) is 49.2 Å². The molecule has 0 unspecified atom stereocenters. The highest BCUT2D eigenvalue weighted by Crippen LogP contribution is 2.23. The molecular weight excluding hydrogens is 402 g/mol. The van der Waals surface area contributed by atoms with E-state index >= 15 is 0 Å². The van der Waals surface area contributed by atoms with Gasteiger partial charge in [-0.2, -0.15) is 8.42 Å². The molecule has 0 spiro atoms. The molecule has 1 aliphatic heterocycles. The molecule has 3 aromatic rings. The fraction of sp³-hybridized carbons (Fsp3) is 0.273. The molecule has 2 aromatic carbocycles. The summed E-state index contributed by atoms with van der Waals surface area (Å²) in [5.41, 5.74) is 3.17. The molecule has 4 rings (SSSR count). The second-order valence-electron chi connectivity index (χ2n) is 7.52. The van der Waals surface area contributed by atoms with Crippen molar-refractivity contribution in [1.82, 2.24) is 4.90 Å². The van der Waals surface area contributed by atoms with E-state index in [2.05, 4.69) is 9.71 Å². The number of amides is 1. The van der Waals surface area contributed by atoms with E-state index in [1.54, 1.807) is 18.4 Å². The third-order valence-corrected chi connectivity index (χ3v) is 6.48. The summed E-state index contributed by atoms with van der Waals surface area (Å²) in [6.07, 6.45) is 3.32. The smallest absolute Gasteiger partial charge is 0.283 e. The van der Waals surface area contributed by atoms with Crippen molar-refractivity contribution >= 4 is 38.4 Å². The number of fused-ring (bicyclic) bond motifs is 1. The predicted octanol–water partition coefficient (Wildman–Crippen LogP) is 3.74. The Morgan fingerprint density at radius 2 is 1.97 bits per heavy atom. The van der Waals surface area contributed by atoms with Crippen LogP contribution in [-0.4, -0.2) is 38.7 Å². The van der Waals surface area contributed by atoms with E-state index in [-0.39, 0.29) is 17.2 Å². The topological polar surface area (TPSA) is 92.0 Å². The standard InChI is InChI=1S/C22H23N3O4S/c1-15-5-10-19-16(14-29-20(19)12-15)13-22(26)23-17-6-8-18(9-7-17)30(27,28)24-21-4-3-11-25(21)2/h5-10,12,14H,3-4,11,13H2,1-2H3,(H,23,26)/b24-21-. The zero-order valence-electron chi connectivity index (χ0n) is 16.9. The fourth-order valence-corrected chi connectivity index (χ4v) is 4.61. The van der Waals surface area contributed by atoms with Crippen LogP contribution in [0.5, 0.6) is 0 Å². The van der Waals surface area contributed by atoms with Crippen LogP contribution >= 0.6 is 0 Å². The van der Waals surface area contributed by atoms with Crippen molar-refractivity contribution in [3.8, 4) is 0 Å². The number of likely N-dealkylation sites (tertiary alicyclic amines) is 1. The van der Waals surface area contributed by atoms with Crippen LogP contribution < -0.4 is 5.32 Å². The van der Waals surface area contributed by atoms with Crippen molar-refractivity contribution in [2.75, 3.05) is 18.9 Å². The maximum Gasteiger partial charge on any atom is 0.283 e. The Kier molecular flexibility index (Phi) is 5.34. The number of anilines is 1. The lowest BCUT2D eigenvalue weighted by Gasteiger charge is -2.11. The SMILES string of the molecule is Cc1ccc2c(CC(=O)Nc3ccc(S(=O)(=O)/N=C4/CCCN4C)cc3)coc2c1. The van der Waals surface area contributed by atoms with Gasteiger partial charge in [0.2, 0.25) is 5.91 Å². The Hall–Kier alpha value is -3.13. The van der Waals surface area contributed by atoms with Crippen LogP contribution in [0.3, 0.4) is 0 Å². The van der Waals surface area contributed by atoms with Crippen LogP contribution in [0.15, 0.2) is 62.4 Å². The average Bonchev–Trinajstić information content (AvgIpc) is 3.27. The summed E-state index contributed by atoms with van der Waals surface area (Å²) in [6, 6.07) is 11.9. The largest absolute Gasteiger partial charge is 0.464 e. The Morgan fingerprint density at radius 3 is 2.67 bits per heavy atom. The van der Waals surface area contributed by atoms with Gasteiger partial charge >= 0.3 is 0 Å². The second-order valence-corrected chi connectivity index (χ2v) is 9.12. The summed E-state index contributed by atoms with van der Waals surface area (Å²) in [7, 11) is -1.93. The molecule has 0 radical (unpaired) electrons. The first-order valence-corrected chi connectivity index (χ1v) is 11.2. The van der Waals surface area contributed by atoms with Crippen molar-refractivity contribution in [3.63, 3.8) is 0 Å². The zero-order valence-corrected chi connectivity index (χ0v) is 17.7. The van der Waals surface area contributed by atoms with Crippen LogP contribution in [0.1, 0.15) is 24.0 Å². The second kappa shape index (κ2) is 7.95. The van der Waals surface area contributed by atoms with Crippen molar-refractivity contribution in [2.45, 2.75) is 31.1 Å². The number of aryl methyl sites for hydroxylation is 1. The highest BCUT2D eigenvalue weighted by molar-refractivity contribution is 7.90. The molecular formula is C22H23N3O4S. The number of hydrogen-bond acceptors (Lipinski definition) is 4. The lowest BCUT2D eigenvalue weighted by Crippen LogP contribution is -2.20. The average molecular weight is 426 g/mol. The number of amidine groups is 1. The van der Waals surface area contributed by atoms with Gasteiger partial charge in [0.1, 0.15) is 11.4 Å². The molecule has 1 fully saturated rings. The predicted molar refractivity (Wildman–Crippen MR) is 116 cm³/mol. The Labute approximate surface area is 175 Å². The maximum atomic E-state index is 12.5. The highest BCUT2D eigenvalue weighted by Gasteiger charge is 2.20. The number of rotatable bonds is 5. The quantitative estimate of drug-likeness (QED) is 0.672. The van der Waals surface area contributed by atoms with Crippen molar-refractivity contribution in [2.24, 2.45) is 4.40 Å². The van der Waals surface area contributed by atoms with Crippen molar-refractivity contribution in [3.05, 3.63) is 59.9 Å². The Morgan fingerprint density at radius 1 is 1.20 bits per heavy atom. The number of hydrogen-bond donors (Lipinski definition) is 1. The summed E-state index contributed by atoms with van der Waals surface area (Å²) in [5.74, 6) is 0.372. The molecule has 1 aromatic heterocycles. The van der Waals surface area contributed by atoms with Crippen LogP contribution in [0.2, 0.25) is 0 Å². The Bertz CT molecular complexity index is 1230. The van der Waals surface area contributed by atoms with Crippen molar-refractivity contribution in [1.29, 1.82) is 0 Å². The van der Waals surface area contributed by atoms with E-state index < -0.39 is 10.0 Å². The van der Waals surface area contributed by atoms with Gasteiger partial charge in [0, 0.05) is 36.7 Å². The molecule has 2 heterocycles. The van der Waals surface area contributed by atoms with Gasteiger partial charge in [0.25, 0.3) is 10.0 Å². The van der Waals surface area contributed by atoms with Crippen molar-refractivity contribution < 1.29 is 17.6 Å². The molecule has 156 valence electrons. The maximum absolute atomic E-state index is 12.5. The zero-order chi connectivity index (χ0) is 21.3.